The number of nitrogens with zero attached hydrogens (tertiary/aromatic N) is 3. The fraction of sp³-hybridized carbons (Fsp3) is 0.190. The number of carboxylic acids is 1. The zero-order chi connectivity index (χ0) is 21.5. The maximum Gasteiger partial charge on any atom is 0.335 e. The average molecular weight is 422 g/mol. The SMILES string of the molecule is CCCCc1nnc(NC(=O)C(C#N)=Cc2ccc(-c3ccc(C(=O)O)cc3)o2)s1. The van der Waals surface area contributed by atoms with Gasteiger partial charge in [0.05, 0.1) is 5.56 Å². The normalized spacial score (nSPS) is 11.1. The van der Waals surface area contributed by atoms with Gasteiger partial charge in [-0.25, -0.2) is 4.79 Å². The van der Waals surface area contributed by atoms with E-state index in [-0.39, 0.29) is 11.1 Å². The number of hydrogen-bond donors (Lipinski definition) is 2. The number of amides is 1. The van der Waals surface area contributed by atoms with E-state index in [0.717, 1.165) is 24.3 Å². The van der Waals surface area contributed by atoms with Gasteiger partial charge in [0.25, 0.3) is 5.91 Å². The van der Waals surface area contributed by atoms with Crippen molar-refractivity contribution in [3.63, 3.8) is 0 Å². The van der Waals surface area contributed by atoms with Gasteiger partial charge >= 0.3 is 5.97 Å². The lowest BCUT2D eigenvalue weighted by molar-refractivity contribution is -0.112. The minimum atomic E-state index is -1.01. The van der Waals surface area contributed by atoms with Gasteiger partial charge in [-0.1, -0.05) is 36.8 Å². The van der Waals surface area contributed by atoms with Gasteiger partial charge in [0.2, 0.25) is 5.13 Å². The number of carbonyl (C=O) groups excluding carboxylic acids is 1. The molecule has 30 heavy (non-hydrogen) atoms. The van der Waals surface area contributed by atoms with E-state index in [1.807, 2.05) is 6.07 Å². The second-order valence-corrected chi connectivity index (χ2v) is 7.38. The van der Waals surface area contributed by atoms with E-state index >= 15 is 0 Å². The van der Waals surface area contributed by atoms with E-state index in [1.165, 1.54) is 29.5 Å². The maximum absolute atomic E-state index is 12.4. The number of nitrogens with one attached hydrogen (secondary N) is 1. The molecule has 1 amide bonds. The zero-order valence-electron chi connectivity index (χ0n) is 16.1. The third kappa shape index (κ3) is 5.18. The first-order valence-electron chi connectivity index (χ1n) is 9.19. The molecule has 0 atom stereocenters. The Bertz CT molecular complexity index is 1120. The fourth-order valence-corrected chi connectivity index (χ4v) is 3.33. The van der Waals surface area contributed by atoms with E-state index in [1.54, 1.807) is 24.3 Å². The van der Waals surface area contributed by atoms with Crippen molar-refractivity contribution < 1.29 is 19.1 Å². The first-order chi connectivity index (χ1) is 14.5. The Kier molecular flexibility index (Phi) is 6.72. The van der Waals surface area contributed by atoms with E-state index in [2.05, 4.69) is 22.4 Å². The highest BCUT2D eigenvalue weighted by Crippen LogP contribution is 2.24. The molecule has 0 fully saturated rings. The van der Waals surface area contributed by atoms with Crippen LogP contribution in [0.5, 0.6) is 0 Å². The number of aromatic nitrogens is 2. The van der Waals surface area contributed by atoms with Gasteiger partial charge in [0.15, 0.2) is 0 Å². The summed E-state index contributed by atoms with van der Waals surface area (Å²) in [7, 11) is 0. The minimum absolute atomic E-state index is 0.137. The molecular formula is C21H18N4O4S. The predicted octanol–water partition coefficient (Wildman–Crippen LogP) is 4.38. The van der Waals surface area contributed by atoms with Crippen LogP contribution in [0, 0.1) is 11.3 Å². The Morgan fingerprint density at radius 1 is 1.23 bits per heavy atom. The quantitative estimate of drug-likeness (QED) is 0.407. The van der Waals surface area contributed by atoms with Gasteiger partial charge < -0.3 is 9.52 Å². The Morgan fingerprint density at radius 2 is 2.00 bits per heavy atom. The molecule has 0 saturated heterocycles. The predicted molar refractivity (Wildman–Crippen MR) is 112 cm³/mol. The Morgan fingerprint density at radius 3 is 2.67 bits per heavy atom. The molecular weight excluding hydrogens is 404 g/mol. The van der Waals surface area contributed by atoms with Gasteiger partial charge in [0.1, 0.15) is 28.2 Å². The zero-order valence-corrected chi connectivity index (χ0v) is 16.9. The van der Waals surface area contributed by atoms with E-state index < -0.39 is 11.9 Å². The molecule has 0 unspecified atom stereocenters. The standard InChI is InChI=1S/C21H18N4O4S/c1-2-3-4-18-24-25-21(30-18)23-19(26)15(12-22)11-16-9-10-17(29-16)13-5-7-14(8-6-13)20(27)28/h5-11H,2-4H2,1H3,(H,27,28)(H,23,25,26). The largest absolute Gasteiger partial charge is 0.478 e. The van der Waals surface area contributed by atoms with Crippen LogP contribution in [0.4, 0.5) is 5.13 Å². The van der Waals surface area contributed by atoms with Gasteiger partial charge in [-0.2, -0.15) is 5.26 Å². The number of carbonyl (C=O) groups is 2. The molecule has 2 aromatic heterocycles. The van der Waals surface area contributed by atoms with Crippen molar-refractivity contribution in [3.05, 3.63) is 58.3 Å². The molecule has 2 N–H and O–H groups in total. The van der Waals surface area contributed by atoms with Crippen LogP contribution in [-0.2, 0) is 11.2 Å². The second-order valence-electron chi connectivity index (χ2n) is 6.31. The van der Waals surface area contributed by atoms with Crippen molar-refractivity contribution in [1.82, 2.24) is 10.2 Å². The molecule has 0 radical (unpaired) electrons. The van der Waals surface area contributed by atoms with Gasteiger partial charge in [-0.3, -0.25) is 10.1 Å². The third-order valence-electron chi connectivity index (χ3n) is 4.13. The van der Waals surface area contributed by atoms with Crippen molar-refractivity contribution in [2.75, 3.05) is 5.32 Å². The summed E-state index contributed by atoms with van der Waals surface area (Å²) in [4.78, 5) is 23.3. The molecule has 8 nitrogen and oxygen atoms in total. The molecule has 3 aromatic rings. The molecule has 152 valence electrons. The Balaban J connectivity index is 1.71. The molecule has 0 aliphatic rings. The number of unbranched alkanes of at least 4 members (excludes halogenated alkanes) is 1. The summed E-state index contributed by atoms with van der Waals surface area (Å²) in [6.07, 6.45) is 4.17. The highest BCUT2D eigenvalue weighted by atomic mass is 32.1. The van der Waals surface area contributed by atoms with Crippen LogP contribution in [-0.4, -0.2) is 27.2 Å². The van der Waals surface area contributed by atoms with Crippen molar-refractivity contribution in [3.8, 4) is 17.4 Å². The van der Waals surface area contributed by atoms with Crippen molar-refractivity contribution >= 4 is 34.4 Å². The lowest BCUT2D eigenvalue weighted by Crippen LogP contribution is -2.13. The topological polar surface area (TPSA) is 129 Å². The van der Waals surface area contributed by atoms with Crippen molar-refractivity contribution in [1.29, 1.82) is 5.26 Å². The fourth-order valence-electron chi connectivity index (χ4n) is 2.55. The number of hydrogen-bond acceptors (Lipinski definition) is 7. The molecule has 0 aliphatic carbocycles. The van der Waals surface area contributed by atoms with E-state index in [4.69, 9.17) is 9.52 Å². The monoisotopic (exact) mass is 422 g/mol. The highest BCUT2D eigenvalue weighted by Gasteiger charge is 2.14. The number of furan rings is 1. The molecule has 1 aromatic carbocycles. The molecule has 9 heteroatoms. The summed E-state index contributed by atoms with van der Waals surface area (Å²) < 4.78 is 5.67. The van der Waals surface area contributed by atoms with Gasteiger partial charge in [-0.15, -0.1) is 10.2 Å². The minimum Gasteiger partial charge on any atom is -0.478 e. The van der Waals surface area contributed by atoms with Crippen molar-refractivity contribution in [2.24, 2.45) is 0 Å². The second kappa shape index (κ2) is 9.62. The number of anilines is 1. The summed E-state index contributed by atoms with van der Waals surface area (Å²) in [6, 6.07) is 11.4. The highest BCUT2D eigenvalue weighted by molar-refractivity contribution is 7.15. The smallest absolute Gasteiger partial charge is 0.335 e. The molecule has 0 spiro atoms. The summed E-state index contributed by atoms with van der Waals surface area (Å²) in [5, 5.41) is 30.0. The molecule has 2 heterocycles. The van der Waals surface area contributed by atoms with Crippen LogP contribution in [0.15, 0.2) is 46.4 Å². The van der Waals surface area contributed by atoms with Crippen LogP contribution in [0.1, 0.15) is 40.9 Å². The van der Waals surface area contributed by atoms with Crippen LogP contribution < -0.4 is 5.32 Å². The Hall–Kier alpha value is -3.77. The van der Waals surface area contributed by atoms with Crippen LogP contribution >= 0.6 is 11.3 Å². The first-order valence-corrected chi connectivity index (χ1v) is 10.0. The summed E-state index contributed by atoms with van der Waals surface area (Å²) in [5.74, 6) is -0.804. The number of benzene rings is 1. The van der Waals surface area contributed by atoms with E-state index in [0.29, 0.717) is 22.2 Å². The number of aryl methyl sites for hydroxylation is 1. The van der Waals surface area contributed by atoms with Crippen LogP contribution in [0.2, 0.25) is 0 Å². The summed E-state index contributed by atoms with van der Waals surface area (Å²) in [5.41, 5.74) is 0.710. The van der Waals surface area contributed by atoms with Gasteiger partial charge in [0, 0.05) is 18.1 Å². The Labute approximate surface area is 176 Å². The maximum atomic E-state index is 12.4. The van der Waals surface area contributed by atoms with Gasteiger partial charge in [-0.05, 0) is 30.7 Å². The van der Waals surface area contributed by atoms with Crippen molar-refractivity contribution in [2.45, 2.75) is 26.2 Å². The number of nitriles is 1. The molecule has 0 bridgehead atoms. The number of aromatic carboxylic acids is 1. The molecule has 3 rings (SSSR count). The lowest BCUT2D eigenvalue weighted by atomic mass is 10.1. The average Bonchev–Trinajstić information content (AvgIpc) is 3.40. The summed E-state index contributed by atoms with van der Waals surface area (Å²) in [6.45, 7) is 2.08. The summed E-state index contributed by atoms with van der Waals surface area (Å²) >= 11 is 1.28. The van der Waals surface area contributed by atoms with E-state index in [9.17, 15) is 14.9 Å². The molecule has 0 saturated carbocycles. The first kappa shape index (κ1) is 21.0. The number of carboxylic acid groups (broad SMARTS) is 1. The lowest BCUT2D eigenvalue weighted by Gasteiger charge is -1.99. The number of rotatable bonds is 8. The van der Waals surface area contributed by atoms with Crippen LogP contribution in [0.25, 0.3) is 17.4 Å². The van der Waals surface area contributed by atoms with Crippen LogP contribution in [0.3, 0.4) is 0 Å². The molecule has 0 aliphatic heterocycles. The third-order valence-corrected chi connectivity index (χ3v) is 5.02.